The Labute approximate surface area is 127 Å². The predicted octanol–water partition coefficient (Wildman–Crippen LogP) is 2.63. The van der Waals surface area contributed by atoms with E-state index in [0.717, 1.165) is 10.5 Å². The summed E-state index contributed by atoms with van der Waals surface area (Å²) in [5.41, 5.74) is 7.86. The Hall–Kier alpha value is -2.27. The molecule has 2 aromatic carbocycles. The highest BCUT2D eigenvalue weighted by atomic mass is 32.2. The van der Waals surface area contributed by atoms with Gasteiger partial charge in [-0.15, -0.1) is 11.8 Å². The van der Waals surface area contributed by atoms with Gasteiger partial charge in [0, 0.05) is 16.1 Å². The topological polar surface area (TPSA) is 72.2 Å². The van der Waals surface area contributed by atoms with Crippen molar-refractivity contribution in [3.05, 3.63) is 59.7 Å². The lowest BCUT2D eigenvalue weighted by molar-refractivity contribution is -0.117. The second-order valence-corrected chi connectivity index (χ2v) is 5.57. The summed E-state index contributed by atoms with van der Waals surface area (Å²) < 4.78 is 0. The molecule has 2 amide bonds. The van der Waals surface area contributed by atoms with E-state index in [9.17, 15) is 9.59 Å². The molecule has 0 heterocycles. The van der Waals surface area contributed by atoms with Crippen LogP contribution in [0, 0.1) is 6.92 Å². The zero-order valence-electron chi connectivity index (χ0n) is 11.6. The Balaban J connectivity index is 1.89. The number of nitrogens with two attached hydrogens (primary N) is 1. The van der Waals surface area contributed by atoms with E-state index in [1.165, 1.54) is 11.8 Å². The molecule has 5 heteroatoms. The Bertz CT molecular complexity index is 657. The Morgan fingerprint density at radius 2 is 1.86 bits per heavy atom. The molecule has 0 saturated carbocycles. The molecule has 4 nitrogen and oxygen atoms in total. The molecule has 0 fully saturated rings. The molecule has 2 aromatic rings. The summed E-state index contributed by atoms with van der Waals surface area (Å²) in [5, 5.41) is 2.37. The van der Waals surface area contributed by atoms with Gasteiger partial charge in [0.25, 0.3) is 5.91 Å². The van der Waals surface area contributed by atoms with Crippen LogP contribution in [-0.2, 0) is 4.79 Å². The average molecular weight is 300 g/mol. The zero-order chi connectivity index (χ0) is 15.2. The van der Waals surface area contributed by atoms with Gasteiger partial charge in [-0.2, -0.15) is 0 Å². The van der Waals surface area contributed by atoms with Crippen LogP contribution in [0.25, 0.3) is 0 Å². The van der Waals surface area contributed by atoms with E-state index in [1.807, 2.05) is 25.1 Å². The van der Waals surface area contributed by atoms with E-state index in [2.05, 4.69) is 5.32 Å². The molecule has 0 atom stereocenters. The van der Waals surface area contributed by atoms with E-state index in [1.54, 1.807) is 30.3 Å². The lowest BCUT2D eigenvalue weighted by Gasteiger charge is -2.07. The molecule has 108 valence electrons. The third-order valence-corrected chi connectivity index (χ3v) is 4.02. The number of imide groups is 1. The van der Waals surface area contributed by atoms with E-state index in [0.29, 0.717) is 11.3 Å². The smallest absolute Gasteiger partial charge is 0.257 e. The first kappa shape index (κ1) is 15.1. The number of nitrogens with one attached hydrogen (secondary N) is 1. The molecule has 3 N–H and O–H groups in total. The lowest BCUT2D eigenvalue weighted by atomic mass is 10.2. The number of amides is 2. The number of thioether (sulfide) groups is 1. The molecule has 0 aliphatic carbocycles. The highest BCUT2D eigenvalue weighted by Gasteiger charge is 2.10. The predicted molar refractivity (Wildman–Crippen MR) is 85.2 cm³/mol. The summed E-state index contributed by atoms with van der Waals surface area (Å²) in [4.78, 5) is 24.6. The number of anilines is 1. The van der Waals surface area contributed by atoms with Gasteiger partial charge in [-0.25, -0.2) is 0 Å². The number of nitrogen functional groups attached to an aromatic ring is 1. The van der Waals surface area contributed by atoms with Gasteiger partial charge in [-0.05, 0) is 42.8 Å². The molecule has 0 aliphatic heterocycles. The van der Waals surface area contributed by atoms with Gasteiger partial charge in [-0.3, -0.25) is 14.9 Å². The minimum Gasteiger partial charge on any atom is -0.399 e. The van der Waals surface area contributed by atoms with Crippen LogP contribution in [0.4, 0.5) is 5.69 Å². The molecule has 0 aliphatic rings. The SMILES string of the molecule is Cc1cc(N)ccc1SCC(=O)NC(=O)c1ccccc1. The van der Waals surface area contributed by atoms with Crippen molar-refractivity contribution in [2.75, 3.05) is 11.5 Å². The van der Waals surface area contributed by atoms with E-state index in [4.69, 9.17) is 5.73 Å². The van der Waals surface area contributed by atoms with Gasteiger partial charge in [0.05, 0.1) is 5.75 Å². The minimum atomic E-state index is -0.379. The first-order valence-electron chi connectivity index (χ1n) is 6.44. The standard InChI is InChI=1S/C16H16N2O2S/c1-11-9-13(17)7-8-14(11)21-10-15(19)18-16(20)12-5-3-2-4-6-12/h2-9H,10,17H2,1H3,(H,18,19,20). The lowest BCUT2D eigenvalue weighted by Crippen LogP contribution is -2.31. The first-order chi connectivity index (χ1) is 10.1. The molecule has 0 bridgehead atoms. The summed E-state index contributed by atoms with van der Waals surface area (Å²) in [6.07, 6.45) is 0. The molecule has 0 unspecified atom stereocenters. The Morgan fingerprint density at radius 1 is 1.14 bits per heavy atom. The average Bonchev–Trinajstić information content (AvgIpc) is 2.47. The van der Waals surface area contributed by atoms with Crippen molar-refractivity contribution in [2.24, 2.45) is 0 Å². The number of rotatable bonds is 4. The molecule has 0 radical (unpaired) electrons. The number of carbonyl (C=O) groups excluding carboxylic acids is 2. The summed E-state index contributed by atoms with van der Waals surface area (Å²) >= 11 is 1.38. The fourth-order valence-electron chi connectivity index (χ4n) is 1.80. The normalized spacial score (nSPS) is 10.1. The van der Waals surface area contributed by atoms with E-state index >= 15 is 0 Å². The van der Waals surface area contributed by atoms with Gasteiger partial charge >= 0.3 is 0 Å². The van der Waals surface area contributed by atoms with Crippen molar-refractivity contribution in [3.63, 3.8) is 0 Å². The second-order valence-electron chi connectivity index (χ2n) is 4.56. The quantitative estimate of drug-likeness (QED) is 0.672. The minimum absolute atomic E-state index is 0.184. The van der Waals surface area contributed by atoms with Crippen LogP contribution in [0.15, 0.2) is 53.4 Å². The molecule has 0 spiro atoms. The van der Waals surface area contributed by atoms with Crippen molar-refractivity contribution in [2.45, 2.75) is 11.8 Å². The van der Waals surface area contributed by atoms with Crippen LogP contribution in [0.3, 0.4) is 0 Å². The van der Waals surface area contributed by atoms with Crippen molar-refractivity contribution < 1.29 is 9.59 Å². The number of hydrogen-bond acceptors (Lipinski definition) is 4. The number of hydrogen-bond donors (Lipinski definition) is 2. The number of carbonyl (C=O) groups is 2. The van der Waals surface area contributed by atoms with E-state index in [-0.39, 0.29) is 17.6 Å². The second kappa shape index (κ2) is 6.95. The van der Waals surface area contributed by atoms with Crippen LogP contribution in [0.5, 0.6) is 0 Å². The first-order valence-corrected chi connectivity index (χ1v) is 7.43. The van der Waals surface area contributed by atoms with Crippen LogP contribution >= 0.6 is 11.8 Å². The Morgan fingerprint density at radius 3 is 2.52 bits per heavy atom. The fourth-order valence-corrected chi connectivity index (χ4v) is 2.61. The largest absolute Gasteiger partial charge is 0.399 e. The van der Waals surface area contributed by atoms with Crippen molar-refractivity contribution in [1.82, 2.24) is 5.32 Å². The van der Waals surface area contributed by atoms with Crippen LogP contribution < -0.4 is 11.1 Å². The van der Waals surface area contributed by atoms with E-state index < -0.39 is 0 Å². The van der Waals surface area contributed by atoms with Crippen molar-refractivity contribution in [1.29, 1.82) is 0 Å². The zero-order valence-corrected chi connectivity index (χ0v) is 12.4. The summed E-state index contributed by atoms with van der Waals surface area (Å²) in [7, 11) is 0. The Kier molecular flexibility index (Phi) is 5.00. The maximum absolute atomic E-state index is 11.8. The highest BCUT2D eigenvalue weighted by Crippen LogP contribution is 2.23. The number of aryl methyl sites for hydroxylation is 1. The van der Waals surface area contributed by atoms with Gasteiger partial charge in [0.2, 0.25) is 5.91 Å². The van der Waals surface area contributed by atoms with Gasteiger partial charge in [0.15, 0.2) is 0 Å². The molecule has 2 rings (SSSR count). The maximum atomic E-state index is 11.8. The highest BCUT2D eigenvalue weighted by molar-refractivity contribution is 8.00. The third kappa shape index (κ3) is 4.36. The fraction of sp³-hybridized carbons (Fsp3) is 0.125. The number of benzene rings is 2. The molecular weight excluding hydrogens is 284 g/mol. The van der Waals surface area contributed by atoms with Gasteiger partial charge in [0.1, 0.15) is 0 Å². The molecule has 0 aromatic heterocycles. The third-order valence-electron chi connectivity index (χ3n) is 2.85. The van der Waals surface area contributed by atoms with Crippen molar-refractivity contribution >= 4 is 29.3 Å². The molecule has 0 saturated heterocycles. The van der Waals surface area contributed by atoms with Gasteiger partial charge in [-0.1, -0.05) is 18.2 Å². The summed E-state index contributed by atoms with van der Waals surface area (Å²) in [6.45, 7) is 1.94. The monoisotopic (exact) mass is 300 g/mol. The summed E-state index contributed by atoms with van der Waals surface area (Å²) in [5.74, 6) is -0.510. The summed E-state index contributed by atoms with van der Waals surface area (Å²) in [6, 6.07) is 14.2. The molecular formula is C16H16N2O2S. The van der Waals surface area contributed by atoms with Crippen LogP contribution in [-0.4, -0.2) is 17.6 Å². The van der Waals surface area contributed by atoms with Crippen LogP contribution in [0.1, 0.15) is 15.9 Å². The maximum Gasteiger partial charge on any atom is 0.257 e. The van der Waals surface area contributed by atoms with Gasteiger partial charge < -0.3 is 5.73 Å². The molecule has 21 heavy (non-hydrogen) atoms. The van der Waals surface area contributed by atoms with Crippen LogP contribution in [0.2, 0.25) is 0 Å². The van der Waals surface area contributed by atoms with Crippen molar-refractivity contribution in [3.8, 4) is 0 Å².